The fourth-order valence-corrected chi connectivity index (χ4v) is 2.73. The van der Waals surface area contributed by atoms with Gasteiger partial charge in [-0.1, -0.05) is 40.5 Å². The van der Waals surface area contributed by atoms with E-state index in [9.17, 15) is 0 Å². The van der Waals surface area contributed by atoms with Crippen molar-refractivity contribution in [3.8, 4) is 0 Å². The Morgan fingerprint density at radius 1 is 1.11 bits per heavy atom. The van der Waals surface area contributed by atoms with Crippen molar-refractivity contribution in [1.82, 2.24) is 10.2 Å². The van der Waals surface area contributed by atoms with Crippen molar-refractivity contribution in [2.75, 3.05) is 32.7 Å². The van der Waals surface area contributed by atoms with Crippen LogP contribution in [-0.2, 0) is 0 Å². The van der Waals surface area contributed by atoms with Gasteiger partial charge in [0.25, 0.3) is 0 Å². The smallest absolute Gasteiger partial charge is 0.0107 e. The first-order valence-electron chi connectivity index (χ1n) is 7.94. The number of likely N-dealkylation sites (tertiary alicyclic amines) is 1. The number of hydrogen-bond donors (Lipinski definition) is 1. The molecule has 0 atom stereocenters. The van der Waals surface area contributed by atoms with Crippen molar-refractivity contribution in [2.24, 2.45) is 11.3 Å². The number of rotatable bonds is 7. The highest BCUT2D eigenvalue weighted by molar-refractivity contribution is 4.72. The standard InChI is InChI=1S/C16H34N2/c1-5-6-15-7-12-18(13-8-15)14-11-17-10-9-16(2,3)4/h15,17H,5-14H2,1-4H3. The second-order valence-corrected chi connectivity index (χ2v) is 7.13. The minimum Gasteiger partial charge on any atom is -0.315 e. The summed E-state index contributed by atoms with van der Waals surface area (Å²) in [5.41, 5.74) is 0.464. The SMILES string of the molecule is CCCC1CCN(CCNCCC(C)(C)C)CC1. The van der Waals surface area contributed by atoms with Gasteiger partial charge in [-0.25, -0.2) is 0 Å². The molecule has 1 heterocycles. The van der Waals surface area contributed by atoms with Gasteiger partial charge < -0.3 is 10.2 Å². The highest BCUT2D eigenvalue weighted by Gasteiger charge is 2.17. The van der Waals surface area contributed by atoms with Gasteiger partial charge in [0.2, 0.25) is 0 Å². The Balaban J connectivity index is 1.98. The van der Waals surface area contributed by atoms with E-state index in [0.29, 0.717) is 5.41 Å². The molecule has 0 amide bonds. The van der Waals surface area contributed by atoms with Crippen molar-refractivity contribution in [3.63, 3.8) is 0 Å². The van der Waals surface area contributed by atoms with Gasteiger partial charge in [-0.3, -0.25) is 0 Å². The zero-order chi connectivity index (χ0) is 13.4. The van der Waals surface area contributed by atoms with Gasteiger partial charge in [-0.15, -0.1) is 0 Å². The van der Waals surface area contributed by atoms with Gasteiger partial charge in [0.1, 0.15) is 0 Å². The lowest BCUT2D eigenvalue weighted by Gasteiger charge is -2.32. The van der Waals surface area contributed by atoms with Crippen molar-refractivity contribution in [1.29, 1.82) is 0 Å². The average Bonchev–Trinajstić information content (AvgIpc) is 2.30. The van der Waals surface area contributed by atoms with Gasteiger partial charge in [0.15, 0.2) is 0 Å². The van der Waals surface area contributed by atoms with Crippen LogP contribution in [0.4, 0.5) is 0 Å². The molecular weight excluding hydrogens is 220 g/mol. The van der Waals surface area contributed by atoms with Crippen LogP contribution in [0.1, 0.15) is 59.8 Å². The molecule has 0 bridgehead atoms. The number of piperidine rings is 1. The summed E-state index contributed by atoms with van der Waals surface area (Å²) in [6.07, 6.45) is 6.92. The Morgan fingerprint density at radius 2 is 1.78 bits per heavy atom. The van der Waals surface area contributed by atoms with E-state index >= 15 is 0 Å². The van der Waals surface area contributed by atoms with Crippen LogP contribution in [0.15, 0.2) is 0 Å². The molecule has 1 aliphatic rings. The van der Waals surface area contributed by atoms with Crippen LogP contribution < -0.4 is 5.32 Å². The fourth-order valence-electron chi connectivity index (χ4n) is 2.73. The summed E-state index contributed by atoms with van der Waals surface area (Å²) in [6, 6.07) is 0. The van der Waals surface area contributed by atoms with E-state index in [1.54, 1.807) is 0 Å². The molecule has 1 N–H and O–H groups in total. The molecule has 2 nitrogen and oxygen atoms in total. The fraction of sp³-hybridized carbons (Fsp3) is 1.00. The molecule has 0 aliphatic carbocycles. The van der Waals surface area contributed by atoms with Crippen LogP contribution in [0.25, 0.3) is 0 Å². The maximum atomic E-state index is 3.58. The lowest BCUT2D eigenvalue weighted by molar-refractivity contribution is 0.178. The van der Waals surface area contributed by atoms with E-state index in [0.717, 1.165) is 19.0 Å². The summed E-state index contributed by atoms with van der Waals surface area (Å²) in [5, 5.41) is 3.58. The van der Waals surface area contributed by atoms with E-state index in [1.807, 2.05) is 0 Å². The first-order valence-corrected chi connectivity index (χ1v) is 7.94. The Bertz CT molecular complexity index is 200. The number of nitrogens with zero attached hydrogens (tertiary/aromatic N) is 1. The van der Waals surface area contributed by atoms with E-state index < -0.39 is 0 Å². The molecular formula is C16H34N2. The molecule has 0 unspecified atom stereocenters. The van der Waals surface area contributed by atoms with Crippen molar-refractivity contribution in [3.05, 3.63) is 0 Å². The summed E-state index contributed by atoms with van der Waals surface area (Å²) >= 11 is 0. The van der Waals surface area contributed by atoms with E-state index in [2.05, 4.69) is 37.9 Å². The minimum atomic E-state index is 0.464. The van der Waals surface area contributed by atoms with Crippen LogP contribution in [0, 0.1) is 11.3 Å². The predicted molar refractivity (Wildman–Crippen MR) is 81.0 cm³/mol. The first-order chi connectivity index (χ1) is 8.51. The van der Waals surface area contributed by atoms with Crippen LogP contribution in [0.2, 0.25) is 0 Å². The van der Waals surface area contributed by atoms with Crippen LogP contribution in [-0.4, -0.2) is 37.6 Å². The highest BCUT2D eigenvalue weighted by Crippen LogP contribution is 2.21. The zero-order valence-electron chi connectivity index (χ0n) is 13.1. The topological polar surface area (TPSA) is 15.3 Å². The van der Waals surface area contributed by atoms with Crippen LogP contribution in [0.5, 0.6) is 0 Å². The molecule has 18 heavy (non-hydrogen) atoms. The lowest BCUT2D eigenvalue weighted by atomic mass is 9.92. The third kappa shape index (κ3) is 7.38. The molecule has 1 saturated heterocycles. The van der Waals surface area contributed by atoms with Crippen molar-refractivity contribution in [2.45, 2.75) is 59.8 Å². The maximum Gasteiger partial charge on any atom is 0.0107 e. The van der Waals surface area contributed by atoms with Crippen molar-refractivity contribution >= 4 is 0 Å². The van der Waals surface area contributed by atoms with Gasteiger partial charge in [-0.2, -0.15) is 0 Å². The van der Waals surface area contributed by atoms with E-state index in [4.69, 9.17) is 0 Å². The minimum absolute atomic E-state index is 0.464. The van der Waals surface area contributed by atoms with Gasteiger partial charge in [0, 0.05) is 13.1 Å². The second kappa shape index (κ2) is 8.16. The first kappa shape index (κ1) is 16.0. The Hall–Kier alpha value is -0.0800. The molecule has 0 saturated carbocycles. The summed E-state index contributed by atoms with van der Waals surface area (Å²) < 4.78 is 0. The number of hydrogen-bond acceptors (Lipinski definition) is 2. The predicted octanol–water partition coefficient (Wildman–Crippen LogP) is 3.52. The highest BCUT2D eigenvalue weighted by atomic mass is 15.1. The molecule has 1 rings (SSSR count). The van der Waals surface area contributed by atoms with Crippen molar-refractivity contribution < 1.29 is 0 Å². The molecule has 0 aromatic heterocycles. The van der Waals surface area contributed by atoms with Gasteiger partial charge in [-0.05, 0) is 50.2 Å². The third-order valence-corrected chi connectivity index (χ3v) is 4.06. The van der Waals surface area contributed by atoms with E-state index in [-0.39, 0.29) is 0 Å². The normalized spacial score (nSPS) is 19.3. The molecule has 2 heteroatoms. The Morgan fingerprint density at radius 3 is 2.33 bits per heavy atom. The lowest BCUT2D eigenvalue weighted by Crippen LogP contribution is -2.38. The Labute approximate surface area is 115 Å². The molecule has 0 spiro atoms. The molecule has 1 aliphatic heterocycles. The van der Waals surface area contributed by atoms with Crippen LogP contribution in [0.3, 0.4) is 0 Å². The number of nitrogens with one attached hydrogen (secondary N) is 1. The second-order valence-electron chi connectivity index (χ2n) is 7.13. The van der Waals surface area contributed by atoms with E-state index in [1.165, 1.54) is 51.7 Å². The zero-order valence-corrected chi connectivity index (χ0v) is 13.1. The summed E-state index contributed by atoms with van der Waals surface area (Å²) in [4.78, 5) is 2.64. The quantitative estimate of drug-likeness (QED) is 0.699. The van der Waals surface area contributed by atoms with Gasteiger partial charge in [0.05, 0.1) is 0 Å². The molecule has 0 aromatic rings. The molecule has 0 aromatic carbocycles. The summed E-state index contributed by atoms with van der Waals surface area (Å²) in [5.74, 6) is 1.01. The maximum absolute atomic E-state index is 3.58. The Kier molecular flexibility index (Phi) is 7.25. The monoisotopic (exact) mass is 254 g/mol. The largest absolute Gasteiger partial charge is 0.315 e. The summed E-state index contributed by atoms with van der Waals surface area (Å²) in [6.45, 7) is 15.5. The van der Waals surface area contributed by atoms with Crippen LogP contribution >= 0.6 is 0 Å². The molecule has 0 radical (unpaired) electrons. The third-order valence-electron chi connectivity index (χ3n) is 4.06. The average molecular weight is 254 g/mol. The summed E-state index contributed by atoms with van der Waals surface area (Å²) in [7, 11) is 0. The molecule has 1 fully saturated rings. The van der Waals surface area contributed by atoms with Gasteiger partial charge >= 0.3 is 0 Å². The molecule has 108 valence electrons.